The summed E-state index contributed by atoms with van der Waals surface area (Å²) in [5, 5.41) is 0. The summed E-state index contributed by atoms with van der Waals surface area (Å²) in [5.41, 5.74) is -15.1. The first kappa shape index (κ1) is 39.3. The van der Waals surface area contributed by atoms with Crippen LogP contribution in [0.3, 0.4) is 0 Å². The molecule has 232 valence electrons. The molecule has 0 N–H and O–H groups in total. The molecular formula is C16H4F19NaO4S. The van der Waals surface area contributed by atoms with Crippen molar-refractivity contribution in [2.75, 3.05) is 0 Å². The monoisotopic (exact) mass is 676 g/mol. The fourth-order valence-corrected chi connectivity index (χ4v) is 3.46. The molecule has 0 aliphatic rings. The van der Waals surface area contributed by atoms with Gasteiger partial charge in [0.1, 0.15) is 21.4 Å². The van der Waals surface area contributed by atoms with Crippen LogP contribution < -0.4 is 34.3 Å². The Balaban J connectivity index is 0.0000160. The molecule has 0 radical (unpaired) electrons. The van der Waals surface area contributed by atoms with Gasteiger partial charge in [0, 0.05) is 0 Å². The largest absolute Gasteiger partial charge is 1.00 e. The van der Waals surface area contributed by atoms with Crippen molar-refractivity contribution >= 4 is 10.1 Å². The van der Waals surface area contributed by atoms with E-state index in [1.807, 2.05) is 0 Å². The molecule has 0 heterocycles. The smallest absolute Gasteiger partial charge is 0.744 e. The van der Waals surface area contributed by atoms with Gasteiger partial charge in [-0.1, -0.05) is 0 Å². The Morgan fingerprint density at radius 1 is 0.585 bits per heavy atom. The minimum absolute atomic E-state index is 0. The second-order valence-corrected chi connectivity index (χ2v) is 8.50. The number of hydrogen-bond donors (Lipinski definition) is 0. The summed E-state index contributed by atoms with van der Waals surface area (Å²) in [5.74, 6) is -25.1. The van der Waals surface area contributed by atoms with Gasteiger partial charge < -0.3 is 9.29 Å². The minimum atomic E-state index is -9.16. The van der Waals surface area contributed by atoms with Gasteiger partial charge in [-0.05, 0) is 24.3 Å². The molecular weight excluding hydrogens is 672 g/mol. The van der Waals surface area contributed by atoms with E-state index in [-0.39, 0.29) is 53.8 Å². The van der Waals surface area contributed by atoms with Crippen LogP contribution in [0.2, 0.25) is 0 Å². The number of halogens is 19. The summed E-state index contributed by atoms with van der Waals surface area (Å²) in [6, 6.07) is -1.12. The molecule has 0 saturated heterocycles. The second-order valence-electron chi connectivity index (χ2n) is 7.12. The van der Waals surface area contributed by atoms with Gasteiger partial charge in [0.15, 0.2) is 0 Å². The molecule has 0 saturated carbocycles. The molecule has 0 aliphatic carbocycles. The summed E-state index contributed by atoms with van der Waals surface area (Å²) in [6.07, 6.45) is -41.5. The number of alkyl halides is 19. The molecule has 1 rings (SSSR count). The van der Waals surface area contributed by atoms with E-state index in [2.05, 4.69) is 4.74 Å². The van der Waals surface area contributed by atoms with Gasteiger partial charge in [-0.2, -0.15) is 83.4 Å². The van der Waals surface area contributed by atoms with Crippen molar-refractivity contribution in [3.8, 4) is 5.75 Å². The van der Waals surface area contributed by atoms with Crippen molar-refractivity contribution in [3.05, 3.63) is 35.6 Å². The number of hydrogen-bond acceptors (Lipinski definition) is 4. The first-order chi connectivity index (χ1) is 17.2. The first-order valence-electron chi connectivity index (χ1n) is 8.77. The van der Waals surface area contributed by atoms with Crippen LogP contribution in [-0.4, -0.2) is 55.7 Å². The van der Waals surface area contributed by atoms with Gasteiger partial charge in [0.05, 0.1) is 4.90 Å². The van der Waals surface area contributed by atoms with E-state index in [9.17, 15) is 96.4 Å². The van der Waals surface area contributed by atoms with E-state index in [0.717, 1.165) is 0 Å². The normalized spacial score (nSPS) is 15.7. The Morgan fingerprint density at radius 3 is 1.15 bits per heavy atom. The van der Waals surface area contributed by atoms with Crippen molar-refractivity contribution in [2.24, 2.45) is 5.41 Å². The topological polar surface area (TPSA) is 66.4 Å². The van der Waals surface area contributed by atoms with Crippen molar-refractivity contribution < 1.29 is 131 Å². The molecule has 0 bridgehead atoms. The predicted molar refractivity (Wildman–Crippen MR) is 84.7 cm³/mol. The maximum Gasteiger partial charge on any atom is 1.00 e. The fraction of sp³-hybridized carbons (Fsp3) is 0.500. The van der Waals surface area contributed by atoms with Crippen LogP contribution in [0.25, 0.3) is 0 Å². The van der Waals surface area contributed by atoms with E-state index >= 15 is 0 Å². The van der Waals surface area contributed by atoms with E-state index < -0.39 is 80.2 Å². The summed E-state index contributed by atoms with van der Waals surface area (Å²) in [6.45, 7) is 0. The molecule has 0 aliphatic heterocycles. The fourth-order valence-electron chi connectivity index (χ4n) is 2.99. The molecule has 1 aromatic rings. The standard InChI is InChI=1S/C16H5F19O4S.Na/c17-10(18,19)7(8(11(20,21)22)39-5-1-3-6(4-2-5)40(36,37)38)9(14(27,28)29,12(23,24)15(30,31)32)13(25,26)16(33,34)35;/h1-4H,(H,36,37,38);/q;+1/p-1/b8-7+;. The Labute approximate surface area is 235 Å². The van der Waals surface area contributed by atoms with E-state index in [4.69, 9.17) is 0 Å². The van der Waals surface area contributed by atoms with Gasteiger partial charge in [-0.3, -0.25) is 0 Å². The summed E-state index contributed by atoms with van der Waals surface area (Å²) in [4.78, 5) is -1.48. The van der Waals surface area contributed by atoms with E-state index in [1.54, 1.807) is 0 Å². The molecule has 0 atom stereocenters. The second kappa shape index (κ2) is 11.1. The third-order valence-corrected chi connectivity index (χ3v) is 5.40. The van der Waals surface area contributed by atoms with Gasteiger partial charge in [-0.25, -0.2) is 8.42 Å². The molecule has 41 heavy (non-hydrogen) atoms. The Hall–Kier alpha value is -1.66. The third-order valence-electron chi connectivity index (χ3n) is 4.55. The SMILES string of the molecule is O=S(=O)([O-])c1ccc(O/C(=C(/C(F)(F)F)C(C(F)(F)F)(C(F)(F)C(F)(F)F)C(F)(F)C(F)(F)F)C(F)(F)F)cc1.[Na+]. The number of rotatable bonds is 6. The maximum atomic E-state index is 14.1. The Morgan fingerprint density at radius 2 is 0.927 bits per heavy atom. The van der Waals surface area contributed by atoms with E-state index in [1.165, 1.54) is 0 Å². The van der Waals surface area contributed by atoms with Crippen LogP contribution in [0.1, 0.15) is 0 Å². The van der Waals surface area contributed by atoms with Gasteiger partial charge in [0.2, 0.25) is 11.2 Å². The van der Waals surface area contributed by atoms with Crippen molar-refractivity contribution in [3.63, 3.8) is 0 Å². The molecule has 0 amide bonds. The van der Waals surface area contributed by atoms with Crippen LogP contribution in [0.5, 0.6) is 5.75 Å². The summed E-state index contributed by atoms with van der Waals surface area (Å²) < 4.78 is 292. The zero-order chi connectivity index (χ0) is 32.3. The quantitative estimate of drug-likeness (QED) is 0.195. The maximum absolute atomic E-state index is 14.1. The summed E-state index contributed by atoms with van der Waals surface area (Å²) >= 11 is 0. The van der Waals surface area contributed by atoms with Crippen LogP contribution >= 0.6 is 0 Å². The van der Waals surface area contributed by atoms with Gasteiger partial charge in [0.25, 0.3) is 0 Å². The van der Waals surface area contributed by atoms with Crippen LogP contribution in [-0.2, 0) is 10.1 Å². The number of allylic oxidation sites excluding steroid dienone is 2. The Kier molecular flexibility index (Phi) is 10.7. The van der Waals surface area contributed by atoms with Gasteiger partial charge >= 0.3 is 72.3 Å². The van der Waals surface area contributed by atoms with Crippen molar-refractivity contribution in [2.45, 2.75) is 47.6 Å². The zero-order valence-electron chi connectivity index (χ0n) is 18.5. The average Bonchev–Trinajstić information content (AvgIpc) is 2.65. The molecule has 0 aromatic heterocycles. The molecule has 4 nitrogen and oxygen atoms in total. The number of benzene rings is 1. The van der Waals surface area contributed by atoms with Crippen LogP contribution in [0.4, 0.5) is 83.4 Å². The van der Waals surface area contributed by atoms with E-state index in [0.29, 0.717) is 0 Å². The third kappa shape index (κ3) is 6.95. The average molecular weight is 676 g/mol. The molecule has 0 spiro atoms. The molecule has 1 aromatic carbocycles. The minimum Gasteiger partial charge on any atom is -0.744 e. The van der Waals surface area contributed by atoms with Gasteiger partial charge in [-0.15, -0.1) is 0 Å². The van der Waals surface area contributed by atoms with Crippen LogP contribution in [0, 0.1) is 5.41 Å². The number of ether oxygens (including phenoxy) is 1. The van der Waals surface area contributed by atoms with Crippen LogP contribution in [0.15, 0.2) is 40.5 Å². The van der Waals surface area contributed by atoms with Crippen molar-refractivity contribution in [1.82, 2.24) is 0 Å². The molecule has 0 unspecified atom stereocenters. The predicted octanol–water partition coefficient (Wildman–Crippen LogP) is 4.30. The Bertz CT molecular complexity index is 1190. The first-order valence-corrected chi connectivity index (χ1v) is 10.2. The van der Waals surface area contributed by atoms with Crippen molar-refractivity contribution in [1.29, 1.82) is 0 Å². The molecule has 0 fully saturated rings. The zero-order valence-corrected chi connectivity index (χ0v) is 21.3. The summed E-state index contributed by atoms with van der Waals surface area (Å²) in [7, 11) is -5.55. The molecule has 25 heteroatoms.